The van der Waals surface area contributed by atoms with Crippen molar-refractivity contribution in [3.63, 3.8) is 0 Å². The second-order valence-corrected chi connectivity index (χ2v) is 5.50. The highest BCUT2D eigenvalue weighted by Gasteiger charge is 2.21. The number of hydrogen-bond donors (Lipinski definition) is 1. The summed E-state index contributed by atoms with van der Waals surface area (Å²) in [5.74, 6) is 0.939. The Morgan fingerprint density at radius 1 is 1.14 bits per heavy atom. The van der Waals surface area contributed by atoms with Crippen LogP contribution in [0, 0.1) is 0 Å². The second kappa shape index (κ2) is 9.03. The standard InChI is InChI=1S/C17H27NO3/c1-18-13-14-6-3-4-9-17(14)21-11-10-20-16-8-5-7-15(12-16)19-2/h3-4,6,9,15-16,18H,5,7-8,10-13H2,1-2H3. The predicted molar refractivity (Wildman–Crippen MR) is 83.7 cm³/mol. The van der Waals surface area contributed by atoms with E-state index in [-0.39, 0.29) is 0 Å². The largest absolute Gasteiger partial charge is 0.491 e. The smallest absolute Gasteiger partial charge is 0.123 e. The van der Waals surface area contributed by atoms with E-state index in [0.717, 1.165) is 31.6 Å². The van der Waals surface area contributed by atoms with Gasteiger partial charge in [-0.2, -0.15) is 0 Å². The summed E-state index contributed by atoms with van der Waals surface area (Å²) in [5.41, 5.74) is 1.18. The van der Waals surface area contributed by atoms with Gasteiger partial charge in [-0.1, -0.05) is 18.2 Å². The quantitative estimate of drug-likeness (QED) is 0.748. The molecule has 118 valence electrons. The van der Waals surface area contributed by atoms with Gasteiger partial charge in [-0.05, 0) is 38.8 Å². The Hall–Kier alpha value is -1.10. The SMILES string of the molecule is CNCc1ccccc1OCCOC1CCCC(OC)C1. The highest BCUT2D eigenvalue weighted by Crippen LogP contribution is 2.23. The van der Waals surface area contributed by atoms with Crippen LogP contribution in [0.1, 0.15) is 31.2 Å². The van der Waals surface area contributed by atoms with Crippen molar-refractivity contribution in [1.29, 1.82) is 0 Å². The number of methoxy groups -OCH3 is 1. The third-order valence-electron chi connectivity index (χ3n) is 3.95. The molecular weight excluding hydrogens is 266 g/mol. The maximum atomic E-state index is 5.92. The molecule has 0 spiro atoms. The fraction of sp³-hybridized carbons (Fsp3) is 0.647. The molecule has 0 radical (unpaired) electrons. The summed E-state index contributed by atoms with van der Waals surface area (Å²) in [4.78, 5) is 0. The molecule has 21 heavy (non-hydrogen) atoms. The van der Waals surface area contributed by atoms with Crippen molar-refractivity contribution in [2.75, 3.05) is 27.4 Å². The van der Waals surface area contributed by atoms with Gasteiger partial charge in [-0.15, -0.1) is 0 Å². The van der Waals surface area contributed by atoms with Crippen LogP contribution in [0.15, 0.2) is 24.3 Å². The minimum Gasteiger partial charge on any atom is -0.491 e. The van der Waals surface area contributed by atoms with Crippen molar-refractivity contribution < 1.29 is 14.2 Å². The van der Waals surface area contributed by atoms with Crippen molar-refractivity contribution in [2.24, 2.45) is 0 Å². The number of ether oxygens (including phenoxy) is 3. The van der Waals surface area contributed by atoms with Crippen molar-refractivity contribution in [1.82, 2.24) is 5.32 Å². The zero-order chi connectivity index (χ0) is 14.9. The first-order valence-corrected chi connectivity index (χ1v) is 7.83. The van der Waals surface area contributed by atoms with E-state index in [0.29, 0.717) is 25.4 Å². The van der Waals surface area contributed by atoms with Crippen LogP contribution in [0.25, 0.3) is 0 Å². The first-order valence-electron chi connectivity index (χ1n) is 7.83. The van der Waals surface area contributed by atoms with Crippen LogP contribution >= 0.6 is 0 Å². The van der Waals surface area contributed by atoms with Gasteiger partial charge < -0.3 is 19.5 Å². The third-order valence-corrected chi connectivity index (χ3v) is 3.95. The molecule has 2 atom stereocenters. The lowest BCUT2D eigenvalue weighted by Crippen LogP contribution is -2.28. The average Bonchev–Trinajstić information content (AvgIpc) is 2.53. The van der Waals surface area contributed by atoms with Crippen LogP contribution in [-0.2, 0) is 16.0 Å². The molecule has 1 aliphatic rings. The van der Waals surface area contributed by atoms with E-state index in [2.05, 4.69) is 11.4 Å². The molecule has 0 aromatic heterocycles. The summed E-state index contributed by atoms with van der Waals surface area (Å²) in [6.45, 7) is 2.04. The van der Waals surface area contributed by atoms with Gasteiger partial charge in [0.15, 0.2) is 0 Å². The lowest BCUT2D eigenvalue weighted by Gasteiger charge is -2.28. The van der Waals surface area contributed by atoms with Gasteiger partial charge in [0.2, 0.25) is 0 Å². The second-order valence-electron chi connectivity index (χ2n) is 5.50. The van der Waals surface area contributed by atoms with E-state index in [4.69, 9.17) is 14.2 Å². The Morgan fingerprint density at radius 3 is 2.76 bits per heavy atom. The van der Waals surface area contributed by atoms with Crippen LogP contribution in [0.3, 0.4) is 0 Å². The Bertz CT molecular complexity index is 411. The van der Waals surface area contributed by atoms with Crippen LogP contribution in [-0.4, -0.2) is 39.6 Å². The van der Waals surface area contributed by atoms with Gasteiger partial charge in [0.25, 0.3) is 0 Å². The molecule has 0 saturated heterocycles. The summed E-state index contributed by atoms with van der Waals surface area (Å²) < 4.78 is 17.2. The van der Waals surface area contributed by atoms with E-state index < -0.39 is 0 Å². The zero-order valence-corrected chi connectivity index (χ0v) is 13.1. The zero-order valence-electron chi connectivity index (χ0n) is 13.1. The van der Waals surface area contributed by atoms with E-state index >= 15 is 0 Å². The number of nitrogens with one attached hydrogen (secondary N) is 1. The molecule has 0 bridgehead atoms. The van der Waals surface area contributed by atoms with Gasteiger partial charge >= 0.3 is 0 Å². The average molecular weight is 293 g/mol. The molecule has 1 aliphatic carbocycles. The van der Waals surface area contributed by atoms with Crippen LogP contribution < -0.4 is 10.1 Å². The maximum absolute atomic E-state index is 5.92. The molecule has 1 aromatic carbocycles. The summed E-state index contributed by atoms with van der Waals surface area (Å²) in [6, 6.07) is 8.12. The molecule has 2 rings (SSSR count). The van der Waals surface area contributed by atoms with E-state index in [1.807, 2.05) is 25.2 Å². The normalized spacial score (nSPS) is 22.2. The molecule has 4 nitrogen and oxygen atoms in total. The molecule has 4 heteroatoms. The third kappa shape index (κ3) is 5.30. The highest BCUT2D eigenvalue weighted by molar-refractivity contribution is 5.33. The molecule has 1 N–H and O–H groups in total. The van der Waals surface area contributed by atoms with Crippen molar-refractivity contribution in [3.05, 3.63) is 29.8 Å². The molecule has 1 saturated carbocycles. The van der Waals surface area contributed by atoms with Crippen molar-refractivity contribution >= 4 is 0 Å². The summed E-state index contributed by atoms with van der Waals surface area (Å²) in [6.07, 6.45) is 5.17. The molecule has 0 aliphatic heterocycles. The maximum Gasteiger partial charge on any atom is 0.123 e. The van der Waals surface area contributed by atoms with Crippen LogP contribution in [0.5, 0.6) is 5.75 Å². The first-order chi connectivity index (χ1) is 10.3. The Balaban J connectivity index is 1.70. The number of hydrogen-bond acceptors (Lipinski definition) is 4. The van der Waals surface area contributed by atoms with E-state index in [1.165, 1.54) is 12.0 Å². The lowest BCUT2D eigenvalue weighted by molar-refractivity contribution is -0.0362. The fourth-order valence-electron chi connectivity index (χ4n) is 2.82. The van der Waals surface area contributed by atoms with Gasteiger partial charge in [-0.3, -0.25) is 0 Å². The minimum atomic E-state index is 0.319. The van der Waals surface area contributed by atoms with Gasteiger partial charge in [0, 0.05) is 19.2 Å². The molecule has 0 heterocycles. The Kier molecular flexibility index (Phi) is 7.00. The molecular formula is C17H27NO3. The van der Waals surface area contributed by atoms with Crippen molar-refractivity contribution in [2.45, 2.75) is 44.4 Å². The number of benzene rings is 1. The summed E-state index contributed by atoms with van der Waals surface area (Å²) in [5, 5.41) is 3.15. The van der Waals surface area contributed by atoms with Crippen molar-refractivity contribution in [3.8, 4) is 5.75 Å². The number of para-hydroxylation sites is 1. The summed E-state index contributed by atoms with van der Waals surface area (Å²) in [7, 11) is 3.73. The number of rotatable bonds is 8. The fourth-order valence-corrected chi connectivity index (χ4v) is 2.82. The molecule has 0 amide bonds. The van der Waals surface area contributed by atoms with Gasteiger partial charge in [-0.25, -0.2) is 0 Å². The van der Waals surface area contributed by atoms with Gasteiger partial charge in [0.1, 0.15) is 12.4 Å². The Morgan fingerprint density at radius 2 is 1.95 bits per heavy atom. The summed E-state index contributed by atoms with van der Waals surface area (Å²) >= 11 is 0. The minimum absolute atomic E-state index is 0.319. The Labute approximate surface area is 127 Å². The lowest BCUT2D eigenvalue weighted by atomic mass is 9.95. The van der Waals surface area contributed by atoms with Gasteiger partial charge in [0.05, 0.1) is 18.8 Å². The van der Waals surface area contributed by atoms with E-state index in [9.17, 15) is 0 Å². The van der Waals surface area contributed by atoms with Crippen LogP contribution in [0.2, 0.25) is 0 Å². The molecule has 1 fully saturated rings. The monoisotopic (exact) mass is 293 g/mol. The molecule has 2 unspecified atom stereocenters. The highest BCUT2D eigenvalue weighted by atomic mass is 16.5. The topological polar surface area (TPSA) is 39.7 Å². The molecule has 1 aromatic rings. The predicted octanol–water partition coefficient (Wildman–Crippen LogP) is 2.76. The van der Waals surface area contributed by atoms with E-state index in [1.54, 1.807) is 7.11 Å². The van der Waals surface area contributed by atoms with Crippen LogP contribution in [0.4, 0.5) is 0 Å². The first kappa shape index (κ1) is 16.3.